The van der Waals surface area contributed by atoms with E-state index in [9.17, 15) is 10.1 Å². The van der Waals surface area contributed by atoms with E-state index in [-0.39, 0.29) is 5.91 Å². The molecule has 0 atom stereocenters. The van der Waals surface area contributed by atoms with Gasteiger partial charge in [-0.25, -0.2) is 0 Å². The van der Waals surface area contributed by atoms with Crippen LogP contribution in [0.15, 0.2) is 24.3 Å². The van der Waals surface area contributed by atoms with Gasteiger partial charge < -0.3 is 24.6 Å². The lowest BCUT2D eigenvalue weighted by molar-refractivity contribution is 0.102. The molecule has 1 aromatic carbocycles. The molecule has 2 N–H and O–H groups in total. The second kappa shape index (κ2) is 8.29. The third-order valence-corrected chi connectivity index (χ3v) is 4.91. The molecule has 2 saturated heterocycles. The van der Waals surface area contributed by atoms with Crippen molar-refractivity contribution in [3.05, 3.63) is 35.4 Å². The van der Waals surface area contributed by atoms with Crippen molar-refractivity contribution in [2.75, 3.05) is 67.7 Å². The van der Waals surface area contributed by atoms with Crippen molar-refractivity contribution >= 4 is 23.2 Å². The number of rotatable bonds is 4. The highest BCUT2D eigenvalue weighted by atomic mass is 16.5. The molecule has 0 aliphatic carbocycles. The van der Waals surface area contributed by atoms with Gasteiger partial charge in [0, 0.05) is 37.4 Å². The van der Waals surface area contributed by atoms with Crippen molar-refractivity contribution in [3.63, 3.8) is 0 Å². The molecule has 2 aliphatic heterocycles. The first-order chi connectivity index (χ1) is 13.8. The first-order valence-electron chi connectivity index (χ1n) is 9.31. The molecular weight excluding hydrogens is 360 g/mol. The van der Waals surface area contributed by atoms with E-state index >= 15 is 0 Å². The number of nitrogens with one attached hydrogen (secondary N) is 2. The fraction of sp³-hybridized carbons (Fsp3) is 0.421. The normalized spacial score (nSPS) is 17.2. The van der Waals surface area contributed by atoms with Crippen LogP contribution in [0.25, 0.3) is 0 Å². The highest BCUT2D eigenvalue weighted by molar-refractivity contribution is 6.04. The molecule has 2 fully saturated rings. The predicted molar refractivity (Wildman–Crippen MR) is 104 cm³/mol. The first-order valence-corrected chi connectivity index (χ1v) is 9.31. The number of hydrogen-bond donors (Lipinski definition) is 2. The number of anilines is 3. The van der Waals surface area contributed by atoms with E-state index in [4.69, 9.17) is 9.47 Å². The lowest BCUT2D eigenvalue weighted by atomic mass is 10.1. The number of morpholine rings is 2. The molecule has 3 heterocycles. The highest BCUT2D eigenvalue weighted by Crippen LogP contribution is 2.25. The molecule has 0 radical (unpaired) electrons. The van der Waals surface area contributed by atoms with Gasteiger partial charge in [0.15, 0.2) is 5.82 Å². The van der Waals surface area contributed by atoms with Gasteiger partial charge in [0.1, 0.15) is 17.5 Å². The minimum atomic E-state index is -0.290. The number of carbonyl (C=O) groups excluding carboxylic acids is 1. The van der Waals surface area contributed by atoms with Gasteiger partial charge in [0.05, 0.1) is 26.4 Å². The number of ether oxygens (including phenoxy) is 2. The second-order valence-corrected chi connectivity index (χ2v) is 6.61. The first kappa shape index (κ1) is 18.3. The summed E-state index contributed by atoms with van der Waals surface area (Å²) in [6, 6.07) is 9.56. The van der Waals surface area contributed by atoms with Crippen molar-refractivity contribution < 1.29 is 14.3 Å². The fourth-order valence-electron chi connectivity index (χ4n) is 3.36. The minimum absolute atomic E-state index is 0.290. The number of H-pyrrole nitrogens is 1. The third kappa shape index (κ3) is 3.78. The van der Waals surface area contributed by atoms with Gasteiger partial charge >= 0.3 is 0 Å². The number of nitrogens with zero attached hydrogens (tertiary/aromatic N) is 4. The zero-order chi connectivity index (χ0) is 19.3. The van der Waals surface area contributed by atoms with E-state index in [1.165, 1.54) is 0 Å². The molecule has 2 aromatic rings. The Labute approximate surface area is 162 Å². The fourth-order valence-corrected chi connectivity index (χ4v) is 3.36. The smallest absolute Gasteiger partial charge is 0.256 e. The average Bonchev–Trinajstić information content (AvgIpc) is 3.17. The van der Waals surface area contributed by atoms with Crippen LogP contribution in [0.3, 0.4) is 0 Å². The van der Waals surface area contributed by atoms with E-state index < -0.39 is 0 Å². The summed E-state index contributed by atoms with van der Waals surface area (Å²) in [6.45, 7) is 5.62. The summed E-state index contributed by atoms with van der Waals surface area (Å²) < 4.78 is 10.7. The van der Waals surface area contributed by atoms with Gasteiger partial charge in [-0.05, 0) is 24.3 Å². The van der Waals surface area contributed by atoms with Gasteiger partial charge in [-0.3, -0.25) is 9.89 Å². The minimum Gasteiger partial charge on any atom is -0.378 e. The maximum Gasteiger partial charge on any atom is 0.256 e. The van der Waals surface area contributed by atoms with Crippen LogP contribution in [0.5, 0.6) is 0 Å². The predicted octanol–water partition coefficient (Wildman–Crippen LogP) is 1.21. The average molecular weight is 382 g/mol. The van der Waals surface area contributed by atoms with Crippen molar-refractivity contribution in [3.8, 4) is 6.07 Å². The zero-order valence-electron chi connectivity index (χ0n) is 15.5. The second-order valence-electron chi connectivity index (χ2n) is 6.61. The quantitative estimate of drug-likeness (QED) is 0.818. The Hall–Kier alpha value is -3.09. The SMILES string of the molecule is N#Cc1c(N2CCOCC2)n[nH]c1NC(=O)c1ccc(N2CCOCC2)cc1. The number of nitriles is 1. The standard InChI is InChI=1S/C19H22N6O3/c20-13-16-17(22-23-18(16)25-7-11-28-12-8-25)21-19(26)14-1-3-15(4-2-14)24-5-9-27-10-6-24/h1-4H,5-12H2,(H2,21,22,23,26). The van der Waals surface area contributed by atoms with Crippen molar-refractivity contribution in [1.82, 2.24) is 10.2 Å². The number of aromatic amines is 1. The number of hydrogen-bond acceptors (Lipinski definition) is 7. The molecule has 2 aliphatic rings. The Bertz CT molecular complexity index is 861. The van der Waals surface area contributed by atoms with E-state index in [0.29, 0.717) is 62.3 Å². The van der Waals surface area contributed by atoms with Crippen LogP contribution in [0.4, 0.5) is 17.3 Å². The summed E-state index contributed by atoms with van der Waals surface area (Å²) >= 11 is 0. The van der Waals surface area contributed by atoms with E-state index in [0.717, 1.165) is 18.8 Å². The Balaban J connectivity index is 1.46. The molecule has 9 heteroatoms. The van der Waals surface area contributed by atoms with Crippen LogP contribution in [0.2, 0.25) is 0 Å². The Morgan fingerprint density at radius 2 is 1.64 bits per heavy atom. The Morgan fingerprint density at radius 1 is 1.04 bits per heavy atom. The van der Waals surface area contributed by atoms with Gasteiger partial charge in [0.2, 0.25) is 0 Å². The van der Waals surface area contributed by atoms with Gasteiger partial charge in [-0.15, -0.1) is 0 Å². The summed E-state index contributed by atoms with van der Waals surface area (Å²) in [5.74, 6) is 0.567. The van der Waals surface area contributed by atoms with E-state index in [1.807, 2.05) is 17.0 Å². The zero-order valence-corrected chi connectivity index (χ0v) is 15.5. The van der Waals surface area contributed by atoms with Crippen LogP contribution in [-0.2, 0) is 9.47 Å². The molecule has 0 unspecified atom stereocenters. The molecule has 146 valence electrons. The number of carbonyl (C=O) groups is 1. The van der Waals surface area contributed by atoms with Crippen LogP contribution < -0.4 is 15.1 Å². The Morgan fingerprint density at radius 3 is 2.25 bits per heavy atom. The molecule has 1 aromatic heterocycles. The van der Waals surface area contributed by atoms with Crippen LogP contribution in [0.1, 0.15) is 15.9 Å². The van der Waals surface area contributed by atoms with Crippen LogP contribution >= 0.6 is 0 Å². The summed E-state index contributed by atoms with van der Waals surface area (Å²) in [4.78, 5) is 16.8. The molecular formula is C19H22N6O3. The molecule has 4 rings (SSSR count). The number of benzene rings is 1. The van der Waals surface area contributed by atoms with Crippen LogP contribution in [-0.4, -0.2) is 68.7 Å². The van der Waals surface area contributed by atoms with E-state index in [1.54, 1.807) is 12.1 Å². The monoisotopic (exact) mass is 382 g/mol. The lowest BCUT2D eigenvalue weighted by Crippen LogP contribution is -2.36. The van der Waals surface area contributed by atoms with Crippen molar-refractivity contribution in [2.24, 2.45) is 0 Å². The summed E-state index contributed by atoms with van der Waals surface area (Å²) in [6.07, 6.45) is 0. The molecule has 0 bridgehead atoms. The molecule has 9 nitrogen and oxygen atoms in total. The number of amides is 1. The number of aromatic nitrogens is 2. The maximum absolute atomic E-state index is 12.6. The van der Waals surface area contributed by atoms with Gasteiger partial charge in [-0.1, -0.05) is 0 Å². The van der Waals surface area contributed by atoms with Gasteiger partial charge in [-0.2, -0.15) is 10.4 Å². The molecule has 1 amide bonds. The third-order valence-electron chi connectivity index (χ3n) is 4.91. The molecule has 0 saturated carbocycles. The summed E-state index contributed by atoms with van der Waals surface area (Å²) in [5, 5.41) is 19.3. The topological polar surface area (TPSA) is 107 Å². The molecule has 0 spiro atoms. The van der Waals surface area contributed by atoms with Crippen molar-refractivity contribution in [1.29, 1.82) is 5.26 Å². The summed E-state index contributed by atoms with van der Waals surface area (Å²) in [5.41, 5.74) is 1.91. The summed E-state index contributed by atoms with van der Waals surface area (Å²) in [7, 11) is 0. The van der Waals surface area contributed by atoms with Crippen molar-refractivity contribution in [2.45, 2.75) is 0 Å². The molecule has 28 heavy (non-hydrogen) atoms. The maximum atomic E-state index is 12.6. The lowest BCUT2D eigenvalue weighted by Gasteiger charge is -2.28. The van der Waals surface area contributed by atoms with E-state index in [2.05, 4.69) is 26.5 Å². The largest absolute Gasteiger partial charge is 0.378 e. The van der Waals surface area contributed by atoms with Crippen LogP contribution in [0, 0.1) is 11.3 Å². The highest BCUT2D eigenvalue weighted by Gasteiger charge is 2.22. The Kier molecular flexibility index (Phi) is 5.41. The van der Waals surface area contributed by atoms with Gasteiger partial charge in [0.25, 0.3) is 5.91 Å².